The minimum absolute atomic E-state index is 0.0709. The average Bonchev–Trinajstić information content (AvgIpc) is 3.09. The molecular weight excluding hydrogens is 260 g/mol. The van der Waals surface area contributed by atoms with Crippen LogP contribution in [-0.2, 0) is 6.54 Å². The second kappa shape index (κ2) is 4.96. The van der Waals surface area contributed by atoms with Gasteiger partial charge in [0.1, 0.15) is 6.33 Å². The number of nitrogen functional groups attached to an aromatic ring is 1. The Hall–Kier alpha value is -2.97. The number of aromatic nitrogens is 7. The fourth-order valence-corrected chi connectivity index (χ4v) is 1.58. The van der Waals surface area contributed by atoms with Crippen molar-refractivity contribution in [1.29, 1.82) is 0 Å². The largest absolute Gasteiger partial charge is 0.421 e. The first kappa shape index (κ1) is 12.1. The number of aryl methyl sites for hydroxylation is 1. The minimum atomic E-state index is 0.0709. The summed E-state index contributed by atoms with van der Waals surface area (Å²) in [6.45, 7) is 2.73. The van der Waals surface area contributed by atoms with E-state index in [1.165, 1.54) is 0 Å². The topological polar surface area (TPSA) is 110 Å². The molecule has 0 unspecified atom stereocenters. The van der Waals surface area contributed by atoms with Crippen LogP contribution >= 0.6 is 0 Å². The van der Waals surface area contributed by atoms with Crippen molar-refractivity contribution in [2.45, 2.75) is 13.5 Å². The van der Waals surface area contributed by atoms with Gasteiger partial charge in [0, 0.05) is 18.9 Å². The van der Waals surface area contributed by atoms with E-state index in [9.17, 15) is 0 Å². The van der Waals surface area contributed by atoms with Gasteiger partial charge < -0.3 is 10.5 Å². The molecule has 0 atom stereocenters. The van der Waals surface area contributed by atoms with Crippen LogP contribution in [0.1, 0.15) is 6.92 Å². The molecule has 20 heavy (non-hydrogen) atoms. The van der Waals surface area contributed by atoms with Crippen molar-refractivity contribution in [3.8, 4) is 17.7 Å². The molecule has 0 aliphatic carbocycles. The van der Waals surface area contributed by atoms with Gasteiger partial charge >= 0.3 is 6.01 Å². The highest BCUT2D eigenvalue weighted by atomic mass is 16.5. The first-order valence-corrected chi connectivity index (χ1v) is 5.95. The van der Waals surface area contributed by atoms with Gasteiger partial charge in [-0.25, -0.2) is 4.98 Å². The molecule has 102 valence electrons. The maximum atomic E-state index is 5.65. The van der Waals surface area contributed by atoms with Gasteiger partial charge in [-0.2, -0.15) is 20.1 Å². The lowest BCUT2D eigenvalue weighted by atomic mass is 10.6. The molecule has 0 saturated carbocycles. The molecule has 0 radical (unpaired) electrons. The summed E-state index contributed by atoms with van der Waals surface area (Å²) in [4.78, 5) is 16.0. The second-order valence-corrected chi connectivity index (χ2v) is 3.88. The maximum absolute atomic E-state index is 5.65. The quantitative estimate of drug-likeness (QED) is 0.742. The van der Waals surface area contributed by atoms with E-state index in [2.05, 4.69) is 25.0 Å². The smallest absolute Gasteiger partial charge is 0.328 e. The lowest BCUT2D eigenvalue weighted by Crippen LogP contribution is -2.06. The highest BCUT2D eigenvalue weighted by Crippen LogP contribution is 2.18. The molecule has 9 nitrogen and oxygen atoms in total. The van der Waals surface area contributed by atoms with E-state index in [4.69, 9.17) is 10.5 Å². The van der Waals surface area contributed by atoms with Gasteiger partial charge in [0.25, 0.3) is 0 Å². The molecule has 3 rings (SSSR count). The second-order valence-electron chi connectivity index (χ2n) is 3.88. The third kappa shape index (κ3) is 2.41. The van der Waals surface area contributed by atoms with Crippen LogP contribution in [0.5, 0.6) is 11.8 Å². The first-order valence-electron chi connectivity index (χ1n) is 5.95. The number of nitrogens with two attached hydrogens (primary N) is 1. The van der Waals surface area contributed by atoms with Gasteiger partial charge in [-0.05, 0) is 6.92 Å². The van der Waals surface area contributed by atoms with E-state index in [0.717, 1.165) is 6.54 Å². The molecule has 3 aromatic heterocycles. The van der Waals surface area contributed by atoms with Gasteiger partial charge in [0.2, 0.25) is 11.9 Å². The van der Waals surface area contributed by atoms with Crippen molar-refractivity contribution in [3.63, 3.8) is 0 Å². The summed E-state index contributed by atoms with van der Waals surface area (Å²) >= 11 is 0. The molecule has 9 heteroatoms. The third-order valence-electron chi connectivity index (χ3n) is 2.50. The Morgan fingerprint density at radius 3 is 2.90 bits per heavy atom. The van der Waals surface area contributed by atoms with Crippen LogP contribution in [0.3, 0.4) is 0 Å². The van der Waals surface area contributed by atoms with Crippen LogP contribution in [0.4, 0.5) is 5.95 Å². The average molecular weight is 272 g/mol. The Balaban J connectivity index is 1.90. The van der Waals surface area contributed by atoms with Gasteiger partial charge in [0.05, 0.1) is 12.4 Å². The van der Waals surface area contributed by atoms with E-state index >= 15 is 0 Å². The zero-order valence-corrected chi connectivity index (χ0v) is 10.7. The zero-order valence-electron chi connectivity index (χ0n) is 10.7. The molecule has 0 bridgehead atoms. The molecule has 0 amide bonds. The monoisotopic (exact) mass is 272 g/mol. The predicted octanol–water partition coefficient (Wildman–Crippen LogP) is 0.648. The van der Waals surface area contributed by atoms with Gasteiger partial charge in [0.15, 0.2) is 5.75 Å². The summed E-state index contributed by atoms with van der Waals surface area (Å²) in [5, 5.41) is 4.10. The van der Waals surface area contributed by atoms with E-state index in [1.54, 1.807) is 40.4 Å². The molecule has 0 fully saturated rings. The SMILES string of the molecule is CCn1cc(Oc2nc(N)nc(-n3ccnc3)n2)cn1. The number of hydrogen-bond donors (Lipinski definition) is 1. The van der Waals surface area contributed by atoms with Crippen molar-refractivity contribution in [3.05, 3.63) is 31.1 Å². The lowest BCUT2D eigenvalue weighted by Gasteiger charge is -2.04. The molecule has 0 spiro atoms. The fourth-order valence-electron chi connectivity index (χ4n) is 1.58. The molecule has 0 aliphatic rings. The lowest BCUT2D eigenvalue weighted by molar-refractivity contribution is 0.438. The van der Waals surface area contributed by atoms with Crippen molar-refractivity contribution < 1.29 is 4.74 Å². The van der Waals surface area contributed by atoms with Crippen LogP contribution in [0.2, 0.25) is 0 Å². The Kier molecular flexibility index (Phi) is 2.99. The molecule has 3 aromatic rings. The van der Waals surface area contributed by atoms with Crippen LogP contribution in [0.15, 0.2) is 31.1 Å². The predicted molar refractivity (Wildman–Crippen MR) is 69.3 cm³/mol. The van der Waals surface area contributed by atoms with Crippen molar-refractivity contribution in [2.75, 3.05) is 5.73 Å². The Labute approximate surface area is 114 Å². The summed E-state index contributed by atoms with van der Waals surface area (Å²) in [7, 11) is 0. The molecule has 0 aromatic carbocycles. The molecule has 2 N–H and O–H groups in total. The third-order valence-corrected chi connectivity index (χ3v) is 2.50. The Morgan fingerprint density at radius 1 is 1.30 bits per heavy atom. The van der Waals surface area contributed by atoms with Gasteiger partial charge in [-0.1, -0.05) is 0 Å². The van der Waals surface area contributed by atoms with Crippen LogP contribution < -0.4 is 10.5 Å². The first-order chi connectivity index (χ1) is 9.74. The Bertz CT molecular complexity index is 705. The molecule has 0 saturated heterocycles. The van der Waals surface area contributed by atoms with Crippen molar-refractivity contribution in [2.24, 2.45) is 0 Å². The van der Waals surface area contributed by atoms with Crippen molar-refractivity contribution in [1.82, 2.24) is 34.3 Å². The summed E-state index contributed by atoms with van der Waals surface area (Å²) in [6.07, 6.45) is 8.21. The summed E-state index contributed by atoms with van der Waals surface area (Å²) < 4.78 is 8.87. The van der Waals surface area contributed by atoms with E-state index < -0.39 is 0 Å². The highest BCUT2D eigenvalue weighted by Gasteiger charge is 2.09. The van der Waals surface area contributed by atoms with Crippen molar-refractivity contribution >= 4 is 5.95 Å². The number of anilines is 1. The standard InChI is InChI=1S/C11H12N8O/c1-2-19-6-8(5-14-19)20-11-16-9(12)15-10(17-11)18-4-3-13-7-18/h3-7H,2H2,1H3,(H2,12,15,16,17). The molecule has 3 heterocycles. The van der Waals surface area contributed by atoms with E-state index in [1.807, 2.05) is 6.92 Å². The van der Waals surface area contributed by atoms with Crippen LogP contribution in [0, 0.1) is 0 Å². The highest BCUT2D eigenvalue weighted by molar-refractivity contribution is 5.27. The Morgan fingerprint density at radius 2 is 2.20 bits per heavy atom. The summed E-state index contributed by atoms with van der Waals surface area (Å²) in [6, 6.07) is 0.108. The normalized spacial score (nSPS) is 10.7. The minimum Gasteiger partial charge on any atom is -0.421 e. The number of rotatable bonds is 4. The summed E-state index contributed by atoms with van der Waals surface area (Å²) in [5.41, 5.74) is 5.65. The molecular formula is C11H12N8O. The number of nitrogens with zero attached hydrogens (tertiary/aromatic N) is 7. The fraction of sp³-hybridized carbons (Fsp3) is 0.182. The molecule has 0 aliphatic heterocycles. The van der Waals surface area contributed by atoms with E-state index in [-0.39, 0.29) is 12.0 Å². The van der Waals surface area contributed by atoms with Gasteiger partial charge in [-0.3, -0.25) is 9.25 Å². The van der Waals surface area contributed by atoms with Crippen LogP contribution in [-0.4, -0.2) is 34.3 Å². The van der Waals surface area contributed by atoms with Gasteiger partial charge in [-0.15, -0.1) is 0 Å². The number of ether oxygens (including phenoxy) is 1. The zero-order chi connectivity index (χ0) is 13.9. The summed E-state index contributed by atoms with van der Waals surface area (Å²) in [5.74, 6) is 0.948. The van der Waals surface area contributed by atoms with Crippen LogP contribution in [0.25, 0.3) is 5.95 Å². The number of hydrogen-bond acceptors (Lipinski definition) is 7. The maximum Gasteiger partial charge on any atom is 0.328 e. The van der Waals surface area contributed by atoms with E-state index in [0.29, 0.717) is 11.7 Å². The number of imidazole rings is 1.